The van der Waals surface area contributed by atoms with Crippen LogP contribution in [-0.4, -0.2) is 25.7 Å². The number of halogens is 3. The lowest BCUT2D eigenvalue weighted by Gasteiger charge is -2.18. The first kappa shape index (κ1) is 21.4. The van der Waals surface area contributed by atoms with E-state index in [0.29, 0.717) is 19.7 Å². The van der Waals surface area contributed by atoms with Crippen LogP contribution in [0.3, 0.4) is 0 Å². The Hall–Kier alpha value is -1.60. The summed E-state index contributed by atoms with van der Waals surface area (Å²) in [5.74, 6) is 0.425. The predicted molar refractivity (Wildman–Crippen MR) is 93.2 cm³/mol. The molecule has 0 aromatic heterocycles. The topological polar surface area (TPSA) is 73.6 Å². The number of amides is 1. The van der Waals surface area contributed by atoms with Crippen molar-refractivity contribution in [3.63, 3.8) is 0 Å². The van der Waals surface area contributed by atoms with Gasteiger partial charge in [0, 0.05) is 12.5 Å². The average Bonchev–Trinajstić information content (AvgIpc) is 3.03. The van der Waals surface area contributed by atoms with Crippen molar-refractivity contribution in [2.24, 2.45) is 17.6 Å². The Morgan fingerprint density at radius 2 is 2.12 bits per heavy atom. The Labute approximate surface area is 152 Å². The predicted octanol–water partition coefficient (Wildman–Crippen LogP) is 3.10. The lowest BCUT2D eigenvalue weighted by Crippen LogP contribution is -2.34. The van der Waals surface area contributed by atoms with E-state index in [9.17, 15) is 13.6 Å². The van der Waals surface area contributed by atoms with E-state index in [1.807, 2.05) is 0 Å². The third kappa shape index (κ3) is 6.01. The lowest BCUT2D eigenvalue weighted by atomic mass is 9.95. The van der Waals surface area contributed by atoms with Crippen LogP contribution in [0.4, 0.5) is 8.78 Å². The highest BCUT2D eigenvalue weighted by atomic mass is 35.5. The third-order valence-corrected chi connectivity index (χ3v) is 4.29. The molecule has 8 heteroatoms. The third-order valence-electron chi connectivity index (χ3n) is 4.29. The molecule has 1 saturated carbocycles. The molecule has 142 valence electrons. The summed E-state index contributed by atoms with van der Waals surface area (Å²) < 4.78 is 34.5. The fourth-order valence-corrected chi connectivity index (χ4v) is 3.11. The molecule has 0 spiro atoms. The Morgan fingerprint density at radius 3 is 2.76 bits per heavy atom. The van der Waals surface area contributed by atoms with Crippen molar-refractivity contribution >= 4 is 18.3 Å². The van der Waals surface area contributed by atoms with Crippen LogP contribution in [0.5, 0.6) is 11.5 Å². The minimum atomic E-state index is -2.91. The molecule has 0 radical (unpaired) electrons. The molecule has 0 aliphatic heterocycles. The molecular weight excluding hydrogens is 354 g/mol. The Morgan fingerprint density at radius 1 is 1.36 bits per heavy atom. The van der Waals surface area contributed by atoms with Gasteiger partial charge in [0.05, 0.1) is 6.61 Å². The molecule has 0 saturated heterocycles. The monoisotopic (exact) mass is 378 g/mol. The highest BCUT2D eigenvalue weighted by Gasteiger charge is 2.31. The van der Waals surface area contributed by atoms with Gasteiger partial charge in [-0.2, -0.15) is 8.78 Å². The van der Waals surface area contributed by atoms with Crippen molar-refractivity contribution in [3.8, 4) is 11.5 Å². The number of nitrogens with one attached hydrogen (secondary N) is 1. The second-order valence-electron chi connectivity index (χ2n) is 5.84. The van der Waals surface area contributed by atoms with E-state index in [1.165, 1.54) is 6.07 Å². The summed E-state index contributed by atoms with van der Waals surface area (Å²) in [4.78, 5) is 12.3. The van der Waals surface area contributed by atoms with Crippen LogP contribution in [0.25, 0.3) is 0 Å². The molecule has 0 bridgehead atoms. The molecule has 1 fully saturated rings. The van der Waals surface area contributed by atoms with Gasteiger partial charge in [0.2, 0.25) is 5.91 Å². The molecule has 5 nitrogen and oxygen atoms in total. The molecule has 1 aliphatic rings. The molecule has 0 heterocycles. The Kier molecular flexibility index (Phi) is 8.92. The summed E-state index contributed by atoms with van der Waals surface area (Å²) in [6.45, 7) is 0.00217. The van der Waals surface area contributed by atoms with Crippen molar-refractivity contribution in [3.05, 3.63) is 23.8 Å². The molecule has 3 N–H and O–H groups in total. The number of hydrogen-bond acceptors (Lipinski definition) is 4. The molecule has 2 atom stereocenters. The maximum Gasteiger partial charge on any atom is 0.387 e. The van der Waals surface area contributed by atoms with Gasteiger partial charge in [-0.25, -0.2) is 0 Å². The number of carbonyl (C=O) groups is 1. The zero-order valence-electron chi connectivity index (χ0n) is 14.2. The summed E-state index contributed by atoms with van der Waals surface area (Å²) in [5.41, 5.74) is 6.47. The van der Waals surface area contributed by atoms with Crippen LogP contribution in [0.1, 0.15) is 31.7 Å². The largest absolute Gasteiger partial charge is 0.490 e. The van der Waals surface area contributed by atoms with Gasteiger partial charge in [-0.1, -0.05) is 12.5 Å². The zero-order valence-corrected chi connectivity index (χ0v) is 15.0. The van der Waals surface area contributed by atoms with Gasteiger partial charge < -0.3 is 20.5 Å². The number of carbonyl (C=O) groups excluding carboxylic acids is 1. The highest BCUT2D eigenvalue weighted by molar-refractivity contribution is 5.85. The number of benzene rings is 1. The van der Waals surface area contributed by atoms with Gasteiger partial charge in [-0.15, -0.1) is 12.4 Å². The van der Waals surface area contributed by atoms with E-state index in [4.69, 9.17) is 10.5 Å². The number of rotatable bonds is 8. The van der Waals surface area contributed by atoms with Crippen molar-refractivity contribution in [1.29, 1.82) is 0 Å². The van der Waals surface area contributed by atoms with E-state index >= 15 is 0 Å². The van der Waals surface area contributed by atoms with Crippen LogP contribution in [0.2, 0.25) is 0 Å². The smallest absolute Gasteiger partial charge is 0.387 e. The highest BCUT2D eigenvalue weighted by Crippen LogP contribution is 2.32. The zero-order chi connectivity index (χ0) is 17.5. The first-order valence-electron chi connectivity index (χ1n) is 8.23. The Bertz CT molecular complexity index is 561. The number of hydrogen-bond donors (Lipinski definition) is 2. The second kappa shape index (κ2) is 10.4. The maximum atomic E-state index is 12.4. The van der Waals surface area contributed by atoms with Gasteiger partial charge in [0.1, 0.15) is 0 Å². The molecular formula is C17H25ClF2N2O3. The fraction of sp³-hybridized carbons (Fsp3) is 0.588. The molecule has 1 aliphatic carbocycles. The molecule has 0 unspecified atom stereocenters. The van der Waals surface area contributed by atoms with Gasteiger partial charge in [0.15, 0.2) is 11.5 Å². The molecule has 1 aromatic rings. The second-order valence-corrected chi connectivity index (χ2v) is 5.84. The minimum Gasteiger partial charge on any atom is -0.490 e. The summed E-state index contributed by atoms with van der Waals surface area (Å²) in [5, 5.41) is 2.90. The average molecular weight is 379 g/mol. The van der Waals surface area contributed by atoms with Gasteiger partial charge >= 0.3 is 6.61 Å². The van der Waals surface area contributed by atoms with Gasteiger partial charge in [-0.3, -0.25) is 4.79 Å². The molecule has 1 amide bonds. The molecule has 25 heavy (non-hydrogen) atoms. The molecule has 2 rings (SSSR count). The van der Waals surface area contributed by atoms with E-state index in [1.54, 1.807) is 19.1 Å². The standard InChI is InChI=1S/C17H24F2N2O3.ClH/c1-2-23-15-8-11(6-7-14(15)24-17(18)19)10-21-16(22)13-5-3-4-12(13)9-20;/h6-8,12-13,17H,2-5,9-10,20H2,1H3,(H,21,22);1H/t12-,13-;/m1./s1. The summed E-state index contributed by atoms with van der Waals surface area (Å²) in [7, 11) is 0. The number of nitrogens with two attached hydrogens (primary N) is 1. The SMILES string of the molecule is CCOc1cc(CNC(=O)[C@@H]2CCC[C@@H]2CN)ccc1OC(F)F.Cl. The fourth-order valence-electron chi connectivity index (χ4n) is 3.11. The van der Waals surface area contributed by atoms with Crippen LogP contribution >= 0.6 is 12.4 Å². The van der Waals surface area contributed by atoms with Crippen LogP contribution in [0, 0.1) is 11.8 Å². The van der Waals surface area contributed by atoms with Crippen LogP contribution in [0.15, 0.2) is 18.2 Å². The van der Waals surface area contributed by atoms with E-state index in [2.05, 4.69) is 10.1 Å². The van der Waals surface area contributed by atoms with Crippen molar-refractivity contribution < 1.29 is 23.0 Å². The lowest BCUT2D eigenvalue weighted by molar-refractivity contribution is -0.126. The van der Waals surface area contributed by atoms with E-state index in [0.717, 1.165) is 24.8 Å². The minimum absolute atomic E-state index is 0. The number of ether oxygens (including phenoxy) is 2. The van der Waals surface area contributed by atoms with Gasteiger partial charge in [-0.05, 0) is 49.9 Å². The summed E-state index contributed by atoms with van der Waals surface area (Å²) in [6.07, 6.45) is 2.87. The first-order chi connectivity index (χ1) is 11.5. The normalized spacial score (nSPS) is 19.4. The van der Waals surface area contributed by atoms with Crippen molar-refractivity contribution in [2.45, 2.75) is 39.3 Å². The summed E-state index contributed by atoms with van der Waals surface area (Å²) >= 11 is 0. The van der Waals surface area contributed by atoms with Crippen molar-refractivity contribution in [2.75, 3.05) is 13.2 Å². The molecule has 1 aromatic carbocycles. The van der Waals surface area contributed by atoms with Crippen LogP contribution < -0.4 is 20.5 Å². The van der Waals surface area contributed by atoms with Gasteiger partial charge in [0.25, 0.3) is 0 Å². The van der Waals surface area contributed by atoms with Crippen molar-refractivity contribution in [1.82, 2.24) is 5.32 Å². The first-order valence-corrected chi connectivity index (χ1v) is 8.23. The Balaban J connectivity index is 0.00000312. The summed E-state index contributed by atoms with van der Waals surface area (Å²) in [6, 6.07) is 4.67. The van der Waals surface area contributed by atoms with E-state index < -0.39 is 6.61 Å². The van der Waals surface area contributed by atoms with E-state index in [-0.39, 0.29) is 41.6 Å². The number of alkyl halides is 2. The quantitative estimate of drug-likeness (QED) is 0.729. The maximum absolute atomic E-state index is 12.4. The van der Waals surface area contributed by atoms with Crippen LogP contribution in [-0.2, 0) is 11.3 Å².